The number of aryl methyl sites for hydroxylation is 1. The summed E-state index contributed by atoms with van der Waals surface area (Å²) in [6.07, 6.45) is 1.32. The van der Waals surface area contributed by atoms with Crippen LogP contribution in [0, 0.1) is 12.8 Å². The lowest BCUT2D eigenvalue weighted by atomic mass is 9.98. The molecule has 0 saturated carbocycles. The quantitative estimate of drug-likeness (QED) is 0.854. The van der Waals surface area contributed by atoms with Crippen LogP contribution in [0.1, 0.15) is 18.4 Å². The second-order valence-electron chi connectivity index (χ2n) is 6.74. The van der Waals surface area contributed by atoms with Crippen LogP contribution in [0.3, 0.4) is 0 Å². The molecule has 0 radical (unpaired) electrons. The largest absolute Gasteiger partial charge is 0.497 e. The minimum absolute atomic E-state index is 0.174. The molecule has 3 rings (SSSR count). The van der Waals surface area contributed by atoms with Gasteiger partial charge in [0.1, 0.15) is 5.75 Å². The molecule has 1 heterocycles. The van der Waals surface area contributed by atoms with Crippen molar-refractivity contribution in [3.63, 3.8) is 0 Å². The van der Waals surface area contributed by atoms with Crippen LogP contribution in [0.5, 0.6) is 5.75 Å². The number of sulfonamides is 1. The Labute approximate surface area is 160 Å². The fourth-order valence-corrected chi connectivity index (χ4v) is 4.70. The molecule has 0 bridgehead atoms. The van der Waals surface area contributed by atoms with Crippen LogP contribution < -0.4 is 10.1 Å². The van der Waals surface area contributed by atoms with Crippen molar-refractivity contribution in [2.75, 3.05) is 25.5 Å². The van der Waals surface area contributed by atoms with E-state index in [0.717, 1.165) is 5.56 Å². The highest BCUT2D eigenvalue weighted by atomic mass is 32.2. The fraction of sp³-hybridized carbons (Fsp3) is 0.350. The Hall–Kier alpha value is -2.38. The topological polar surface area (TPSA) is 75.7 Å². The van der Waals surface area contributed by atoms with Crippen LogP contribution in [0.2, 0.25) is 0 Å². The van der Waals surface area contributed by atoms with E-state index in [1.165, 1.54) is 4.31 Å². The first-order chi connectivity index (χ1) is 12.9. The van der Waals surface area contributed by atoms with Crippen molar-refractivity contribution in [3.05, 3.63) is 54.1 Å². The molecule has 0 unspecified atom stereocenters. The van der Waals surface area contributed by atoms with E-state index in [1.54, 1.807) is 55.6 Å². The standard InChI is InChI=1S/C20H24N2O4S/c1-15-8-10-19(11-9-15)27(24,25)22-12-4-5-16(14-22)20(23)21-17-6-3-7-18(13-17)26-2/h3,6-11,13,16H,4-5,12,14H2,1-2H3,(H,21,23)/t16-/m1/s1. The average molecular weight is 388 g/mol. The number of methoxy groups -OCH3 is 1. The van der Waals surface area contributed by atoms with E-state index in [2.05, 4.69) is 5.32 Å². The number of amides is 1. The molecule has 6 nitrogen and oxygen atoms in total. The van der Waals surface area contributed by atoms with E-state index in [0.29, 0.717) is 30.8 Å². The van der Waals surface area contributed by atoms with E-state index in [4.69, 9.17) is 4.74 Å². The smallest absolute Gasteiger partial charge is 0.243 e. The second-order valence-corrected chi connectivity index (χ2v) is 8.67. The van der Waals surface area contributed by atoms with Crippen LogP contribution in [-0.4, -0.2) is 38.8 Å². The van der Waals surface area contributed by atoms with E-state index in [9.17, 15) is 13.2 Å². The average Bonchev–Trinajstić information content (AvgIpc) is 2.68. The van der Waals surface area contributed by atoms with Gasteiger partial charge in [0.25, 0.3) is 0 Å². The van der Waals surface area contributed by atoms with Crippen LogP contribution in [0.15, 0.2) is 53.4 Å². The molecule has 1 atom stereocenters. The Morgan fingerprint density at radius 2 is 1.93 bits per heavy atom. The number of carbonyl (C=O) groups excluding carboxylic acids is 1. The lowest BCUT2D eigenvalue weighted by Gasteiger charge is -2.31. The van der Waals surface area contributed by atoms with Gasteiger partial charge in [-0.3, -0.25) is 4.79 Å². The summed E-state index contributed by atoms with van der Waals surface area (Å²) in [7, 11) is -2.03. The zero-order valence-electron chi connectivity index (χ0n) is 15.5. The Morgan fingerprint density at radius 3 is 2.63 bits per heavy atom. The molecule has 0 spiro atoms. The number of nitrogens with one attached hydrogen (secondary N) is 1. The van der Waals surface area contributed by atoms with Gasteiger partial charge >= 0.3 is 0 Å². The highest BCUT2D eigenvalue weighted by Crippen LogP contribution is 2.25. The highest BCUT2D eigenvalue weighted by molar-refractivity contribution is 7.89. The molecule has 1 fully saturated rings. The summed E-state index contributed by atoms with van der Waals surface area (Å²) in [6.45, 7) is 2.53. The first kappa shape index (κ1) is 19.4. The molecule has 2 aromatic rings. The number of nitrogens with zero attached hydrogens (tertiary/aromatic N) is 1. The third-order valence-electron chi connectivity index (χ3n) is 4.75. The van der Waals surface area contributed by atoms with Crippen LogP contribution >= 0.6 is 0 Å². The van der Waals surface area contributed by atoms with Crippen LogP contribution in [0.4, 0.5) is 5.69 Å². The molecule has 2 aromatic carbocycles. The van der Waals surface area contributed by atoms with Gasteiger partial charge in [0, 0.05) is 24.8 Å². The monoisotopic (exact) mass is 388 g/mol. The number of carbonyl (C=O) groups is 1. The number of hydrogen-bond donors (Lipinski definition) is 1. The summed E-state index contributed by atoms with van der Waals surface area (Å²) in [5.41, 5.74) is 1.64. The SMILES string of the molecule is COc1cccc(NC(=O)[C@@H]2CCCN(S(=O)(=O)c3ccc(C)cc3)C2)c1. The van der Waals surface area contributed by atoms with Crippen molar-refractivity contribution in [1.29, 1.82) is 0 Å². The van der Waals surface area contributed by atoms with E-state index < -0.39 is 10.0 Å². The van der Waals surface area contributed by atoms with E-state index in [-0.39, 0.29) is 23.3 Å². The normalized spacial score (nSPS) is 18.1. The third kappa shape index (κ3) is 4.48. The molecule has 1 N–H and O–H groups in total. The van der Waals surface area contributed by atoms with Gasteiger partial charge in [-0.15, -0.1) is 0 Å². The second kappa shape index (κ2) is 8.10. The molecule has 27 heavy (non-hydrogen) atoms. The summed E-state index contributed by atoms with van der Waals surface area (Å²) in [5.74, 6) is 0.0947. The first-order valence-electron chi connectivity index (χ1n) is 8.92. The predicted molar refractivity (Wildman–Crippen MR) is 104 cm³/mol. The number of rotatable bonds is 5. The van der Waals surface area contributed by atoms with Gasteiger partial charge in [0.05, 0.1) is 17.9 Å². The van der Waals surface area contributed by atoms with Crippen LogP contribution in [0.25, 0.3) is 0 Å². The molecule has 144 valence electrons. The van der Waals surface area contributed by atoms with Crippen molar-refractivity contribution in [2.45, 2.75) is 24.7 Å². The van der Waals surface area contributed by atoms with Crippen molar-refractivity contribution in [3.8, 4) is 5.75 Å². The number of hydrogen-bond acceptors (Lipinski definition) is 4. The maximum Gasteiger partial charge on any atom is 0.243 e. The minimum Gasteiger partial charge on any atom is -0.497 e. The first-order valence-corrected chi connectivity index (χ1v) is 10.4. The molecular formula is C20H24N2O4S. The van der Waals surface area contributed by atoms with E-state index >= 15 is 0 Å². The summed E-state index contributed by atoms with van der Waals surface area (Å²) in [6, 6.07) is 13.9. The molecule has 1 amide bonds. The molecular weight excluding hydrogens is 364 g/mol. The van der Waals surface area contributed by atoms with E-state index in [1.807, 2.05) is 6.92 Å². The molecule has 7 heteroatoms. The molecule has 1 aliphatic rings. The van der Waals surface area contributed by atoms with Gasteiger partial charge in [0.15, 0.2) is 0 Å². The summed E-state index contributed by atoms with van der Waals surface area (Å²) in [5, 5.41) is 2.87. The molecule has 0 aliphatic carbocycles. The zero-order chi connectivity index (χ0) is 19.4. The van der Waals surface area contributed by atoms with Crippen molar-refractivity contribution >= 4 is 21.6 Å². The third-order valence-corrected chi connectivity index (χ3v) is 6.63. The highest BCUT2D eigenvalue weighted by Gasteiger charge is 2.33. The minimum atomic E-state index is -3.60. The maximum atomic E-state index is 12.9. The molecule has 0 aromatic heterocycles. The Balaban J connectivity index is 1.71. The number of anilines is 1. The van der Waals surface area contributed by atoms with Crippen LogP contribution in [-0.2, 0) is 14.8 Å². The van der Waals surface area contributed by atoms with Gasteiger partial charge in [-0.1, -0.05) is 23.8 Å². The predicted octanol–water partition coefficient (Wildman–Crippen LogP) is 3.04. The van der Waals surface area contributed by atoms with Gasteiger partial charge in [-0.2, -0.15) is 4.31 Å². The fourth-order valence-electron chi connectivity index (χ4n) is 3.18. The van der Waals surface area contributed by atoms with Gasteiger partial charge in [-0.05, 0) is 44.0 Å². The summed E-state index contributed by atoms with van der Waals surface area (Å²) in [4.78, 5) is 12.9. The molecule has 1 aliphatic heterocycles. The van der Waals surface area contributed by atoms with Crippen molar-refractivity contribution in [2.24, 2.45) is 5.92 Å². The zero-order valence-corrected chi connectivity index (χ0v) is 16.3. The Bertz CT molecular complexity index is 910. The van der Waals surface area contributed by atoms with Gasteiger partial charge in [-0.25, -0.2) is 8.42 Å². The number of ether oxygens (including phenoxy) is 1. The lowest BCUT2D eigenvalue weighted by molar-refractivity contribution is -0.120. The van der Waals surface area contributed by atoms with Gasteiger partial charge < -0.3 is 10.1 Å². The van der Waals surface area contributed by atoms with Gasteiger partial charge in [0.2, 0.25) is 15.9 Å². The molecule has 1 saturated heterocycles. The Morgan fingerprint density at radius 1 is 1.19 bits per heavy atom. The van der Waals surface area contributed by atoms with Crippen molar-refractivity contribution < 1.29 is 17.9 Å². The maximum absolute atomic E-state index is 12.9. The number of benzene rings is 2. The number of piperidine rings is 1. The lowest BCUT2D eigenvalue weighted by Crippen LogP contribution is -2.43. The Kier molecular flexibility index (Phi) is 5.82. The van der Waals surface area contributed by atoms with Crippen molar-refractivity contribution in [1.82, 2.24) is 4.31 Å². The summed E-state index contributed by atoms with van der Waals surface area (Å²) >= 11 is 0. The summed E-state index contributed by atoms with van der Waals surface area (Å²) < 4.78 is 32.3.